The van der Waals surface area contributed by atoms with E-state index in [0.717, 1.165) is 25.8 Å². The van der Waals surface area contributed by atoms with Gasteiger partial charge in [0.2, 0.25) is 0 Å². The van der Waals surface area contributed by atoms with Gasteiger partial charge in [-0.05, 0) is 24.7 Å². The fourth-order valence-electron chi connectivity index (χ4n) is 2.67. The summed E-state index contributed by atoms with van der Waals surface area (Å²) in [5, 5.41) is 12.4. The van der Waals surface area contributed by atoms with Crippen LogP contribution < -0.4 is 5.32 Å². The van der Waals surface area contributed by atoms with Gasteiger partial charge in [0.25, 0.3) is 0 Å². The van der Waals surface area contributed by atoms with Gasteiger partial charge in [-0.1, -0.05) is 46.0 Å². The fraction of sp³-hybridized carbons (Fsp3) is 0.929. The van der Waals surface area contributed by atoms with Crippen LogP contribution in [0.4, 0.5) is 0 Å². The lowest BCUT2D eigenvalue weighted by atomic mass is 9.75. The first kappa shape index (κ1) is 14.5. The highest BCUT2D eigenvalue weighted by atomic mass is 16.4. The molecular weight excluding hydrogens is 214 g/mol. The molecule has 100 valence electrons. The van der Waals surface area contributed by atoms with E-state index in [-0.39, 0.29) is 6.04 Å². The molecular formula is C14H27NO2. The second kappa shape index (κ2) is 7.00. The monoisotopic (exact) mass is 241 g/mol. The molecule has 1 fully saturated rings. The van der Waals surface area contributed by atoms with E-state index in [9.17, 15) is 4.79 Å². The summed E-state index contributed by atoms with van der Waals surface area (Å²) in [7, 11) is 0. The van der Waals surface area contributed by atoms with E-state index in [1.807, 2.05) is 0 Å². The van der Waals surface area contributed by atoms with Crippen LogP contribution in [0.1, 0.15) is 65.2 Å². The smallest absolute Gasteiger partial charge is 0.320 e. The summed E-state index contributed by atoms with van der Waals surface area (Å²) >= 11 is 0. The molecule has 0 bridgehead atoms. The third-order valence-electron chi connectivity index (χ3n) is 3.98. The number of carbonyl (C=O) groups is 1. The topological polar surface area (TPSA) is 49.3 Å². The molecule has 0 aromatic heterocycles. The molecule has 0 amide bonds. The maximum atomic E-state index is 11.1. The van der Waals surface area contributed by atoms with Crippen molar-refractivity contribution in [2.45, 2.75) is 71.3 Å². The summed E-state index contributed by atoms with van der Waals surface area (Å²) in [6, 6.07) is -0.353. The van der Waals surface area contributed by atoms with Crippen LogP contribution in [0, 0.1) is 5.41 Å². The molecule has 0 aromatic carbocycles. The minimum absolute atomic E-state index is 0.318. The lowest BCUT2D eigenvalue weighted by Crippen LogP contribution is -2.43. The fourth-order valence-corrected chi connectivity index (χ4v) is 2.67. The zero-order chi connectivity index (χ0) is 12.7. The van der Waals surface area contributed by atoms with Crippen molar-refractivity contribution in [1.29, 1.82) is 0 Å². The molecule has 0 aliphatic heterocycles. The molecule has 1 unspecified atom stereocenters. The molecule has 0 spiro atoms. The summed E-state index contributed by atoms with van der Waals surface area (Å²) in [5.74, 6) is -0.696. The third kappa shape index (κ3) is 5.07. The van der Waals surface area contributed by atoms with E-state index >= 15 is 0 Å². The predicted octanol–water partition coefficient (Wildman–Crippen LogP) is 3.19. The molecule has 1 saturated carbocycles. The van der Waals surface area contributed by atoms with Crippen LogP contribution in [0.15, 0.2) is 0 Å². The quantitative estimate of drug-likeness (QED) is 0.719. The summed E-state index contributed by atoms with van der Waals surface area (Å²) in [5.41, 5.74) is 0.318. The van der Waals surface area contributed by atoms with Crippen LogP contribution in [0.25, 0.3) is 0 Å². The van der Waals surface area contributed by atoms with Gasteiger partial charge in [0.15, 0.2) is 0 Å². The second-order valence-electron chi connectivity index (χ2n) is 5.79. The Hall–Kier alpha value is -0.570. The Morgan fingerprint density at radius 2 is 2.00 bits per heavy atom. The lowest BCUT2D eigenvalue weighted by molar-refractivity contribution is -0.139. The van der Waals surface area contributed by atoms with E-state index in [2.05, 4.69) is 19.2 Å². The Labute approximate surface area is 105 Å². The van der Waals surface area contributed by atoms with E-state index in [0.29, 0.717) is 5.41 Å². The normalized spacial score (nSPS) is 21.1. The van der Waals surface area contributed by atoms with Gasteiger partial charge in [0.05, 0.1) is 0 Å². The number of carboxylic acid groups (broad SMARTS) is 1. The van der Waals surface area contributed by atoms with Crippen molar-refractivity contribution in [2.24, 2.45) is 5.41 Å². The maximum Gasteiger partial charge on any atom is 0.320 e. The van der Waals surface area contributed by atoms with Gasteiger partial charge in [-0.25, -0.2) is 0 Å². The SMILES string of the molecule is CCCCC(NCC1(C)CCCCC1)C(=O)O. The molecule has 0 radical (unpaired) electrons. The Kier molecular flexibility index (Phi) is 5.96. The second-order valence-corrected chi connectivity index (χ2v) is 5.79. The number of nitrogens with one attached hydrogen (secondary N) is 1. The van der Waals surface area contributed by atoms with Gasteiger partial charge >= 0.3 is 5.97 Å². The van der Waals surface area contributed by atoms with E-state index in [1.54, 1.807) is 0 Å². The largest absolute Gasteiger partial charge is 0.480 e. The number of unbranched alkanes of at least 4 members (excludes halogenated alkanes) is 1. The number of hydrogen-bond acceptors (Lipinski definition) is 2. The number of aliphatic carboxylic acids is 1. The molecule has 1 aliphatic carbocycles. The van der Waals surface area contributed by atoms with Crippen molar-refractivity contribution in [3.8, 4) is 0 Å². The van der Waals surface area contributed by atoms with Crippen LogP contribution in [0.3, 0.4) is 0 Å². The van der Waals surface area contributed by atoms with E-state index in [4.69, 9.17) is 5.11 Å². The summed E-state index contributed by atoms with van der Waals surface area (Å²) in [6.45, 7) is 5.24. The average molecular weight is 241 g/mol. The average Bonchev–Trinajstić information content (AvgIpc) is 2.29. The first-order valence-corrected chi connectivity index (χ1v) is 7.03. The van der Waals surface area contributed by atoms with Crippen molar-refractivity contribution >= 4 is 5.97 Å². The highest BCUT2D eigenvalue weighted by Gasteiger charge is 2.28. The Morgan fingerprint density at radius 1 is 1.35 bits per heavy atom. The predicted molar refractivity (Wildman–Crippen MR) is 70.1 cm³/mol. The zero-order valence-electron chi connectivity index (χ0n) is 11.3. The first-order valence-electron chi connectivity index (χ1n) is 7.03. The first-order chi connectivity index (χ1) is 8.07. The molecule has 0 aromatic rings. The van der Waals surface area contributed by atoms with Crippen LogP contribution in [-0.2, 0) is 4.79 Å². The lowest BCUT2D eigenvalue weighted by Gasteiger charge is -2.34. The molecule has 1 aliphatic rings. The number of carboxylic acids is 1. The van der Waals surface area contributed by atoms with E-state index in [1.165, 1.54) is 32.1 Å². The molecule has 2 N–H and O–H groups in total. The summed E-state index contributed by atoms with van der Waals surface area (Å²) < 4.78 is 0. The number of rotatable bonds is 7. The molecule has 1 atom stereocenters. The van der Waals surface area contributed by atoms with Gasteiger partial charge in [0, 0.05) is 6.54 Å². The highest BCUT2D eigenvalue weighted by molar-refractivity contribution is 5.73. The Balaban J connectivity index is 2.36. The molecule has 3 nitrogen and oxygen atoms in total. The molecule has 1 rings (SSSR count). The van der Waals surface area contributed by atoms with Gasteiger partial charge in [-0.2, -0.15) is 0 Å². The van der Waals surface area contributed by atoms with Gasteiger partial charge in [0.1, 0.15) is 6.04 Å². The van der Waals surface area contributed by atoms with Crippen molar-refractivity contribution in [3.63, 3.8) is 0 Å². The van der Waals surface area contributed by atoms with Crippen molar-refractivity contribution in [2.75, 3.05) is 6.54 Å². The van der Waals surface area contributed by atoms with Crippen molar-refractivity contribution in [1.82, 2.24) is 5.32 Å². The van der Waals surface area contributed by atoms with Gasteiger partial charge in [-0.15, -0.1) is 0 Å². The molecule has 3 heteroatoms. The van der Waals surface area contributed by atoms with Crippen LogP contribution in [0.2, 0.25) is 0 Å². The molecule has 0 heterocycles. The minimum Gasteiger partial charge on any atom is -0.480 e. The maximum absolute atomic E-state index is 11.1. The van der Waals surface area contributed by atoms with Crippen LogP contribution >= 0.6 is 0 Å². The van der Waals surface area contributed by atoms with Crippen LogP contribution in [-0.4, -0.2) is 23.7 Å². The van der Waals surface area contributed by atoms with Crippen LogP contribution in [0.5, 0.6) is 0 Å². The van der Waals surface area contributed by atoms with Gasteiger partial charge in [-0.3, -0.25) is 4.79 Å². The molecule has 0 saturated heterocycles. The zero-order valence-corrected chi connectivity index (χ0v) is 11.3. The summed E-state index contributed by atoms with van der Waals surface area (Å²) in [6.07, 6.45) is 9.20. The third-order valence-corrected chi connectivity index (χ3v) is 3.98. The van der Waals surface area contributed by atoms with E-state index < -0.39 is 5.97 Å². The highest BCUT2D eigenvalue weighted by Crippen LogP contribution is 2.35. The number of hydrogen-bond donors (Lipinski definition) is 2. The Morgan fingerprint density at radius 3 is 2.53 bits per heavy atom. The van der Waals surface area contributed by atoms with Crippen molar-refractivity contribution in [3.05, 3.63) is 0 Å². The van der Waals surface area contributed by atoms with Crippen molar-refractivity contribution < 1.29 is 9.90 Å². The molecule has 17 heavy (non-hydrogen) atoms. The van der Waals surface area contributed by atoms with Gasteiger partial charge < -0.3 is 10.4 Å². The standard InChI is InChI=1S/C14H27NO2/c1-3-4-8-12(13(16)17)15-11-14(2)9-6-5-7-10-14/h12,15H,3-11H2,1-2H3,(H,16,17). The Bertz CT molecular complexity index is 234. The summed E-state index contributed by atoms with van der Waals surface area (Å²) in [4.78, 5) is 11.1. The minimum atomic E-state index is -0.696.